The number of nitrogens with one attached hydrogen (secondary N) is 1. The third kappa shape index (κ3) is 4.20. The minimum absolute atomic E-state index is 0.608. The van der Waals surface area contributed by atoms with E-state index < -0.39 is 0 Å². The lowest BCUT2D eigenvalue weighted by Crippen LogP contribution is -2.53. The molecular weight excluding hydrogens is 238 g/mol. The SMILES string of the molecule is COc1ccc(CNCC2CN(C)CCN2C)cc1. The number of rotatable bonds is 5. The number of nitrogens with zero attached hydrogens (tertiary/aromatic N) is 2. The Morgan fingerprint density at radius 1 is 1.21 bits per heavy atom. The number of ether oxygens (including phenoxy) is 1. The van der Waals surface area contributed by atoms with Crippen LogP contribution in [0.1, 0.15) is 5.56 Å². The summed E-state index contributed by atoms with van der Waals surface area (Å²) in [7, 11) is 6.11. The molecule has 0 radical (unpaired) electrons. The van der Waals surface area contributed by atoms with Crippen LogP contribution in [0.4, 0.5) is 0 Å². The van der Waals surface area contributed by atoms with Gasteiger partial charge in [0.05, 0.1) is 7.11 Å². The van der Waals surface area contributed by atoms with Gasteiger partial charge in [0.15, 0.2) is 0 Å². The number of benzene rings is 1. The molecule has 19 heavy (non-hydrogen) atoms. The Kier molecular flexibility index (Phi) is 5.19. The average Bonchev–Trinajstić information content (AvgIpc) is 2.43. The summed E-state index contributed by atoms with van der Waals surface area (Å²) in [6.07, 6.45) is 0. The Labute approximate surface area is 116 Å². The van der Waals surface area contributed by atoms with Gasteiger partial charge in [-0.1, -0.05) is 12.1 Å². The summed E-state index contributed by atoms with van der Waals surface area (Å²) in [4.78, 5) is 4.85. The number of hydrogen-bond acceptors (Lipinski definition) is 4. The first-order valence-electron chi connectivity index (χ1n) is 6.91. The molecule has 4 nitrogen and oxygen atoms in total. The first-order valence-corrected chi connectivity index (χ1v) is 6.91. The summed E-state index contributed by atoms with van der Waals surface area (Å²) in [5, 5.41) is 3.55. The lowest BCUT2D eigenvalue weighted by atomic mass is 10.1. The van der Waals surface area contributed by atoms with Crippen LogP contribution in [0, 0.1) is 0 Å². The topological polar surface area (TPSA) is 27.7 Å². The van der Waals surface area contributed by atoms with Crippen molar-refractivity contribution in [2.45, 2.75) is 12.6 Å². The van der Waals surface area contributed by atoms with Gasteiger partial charge in [0, 0.05) is 38.8 Å². The van der Waals surface area contributed by atoms with Crippen molar-refractivity contribution in [2.24, 2.45) is 0 Å². The number of hydrogen-bond donors (Lipinski definition) is 1. The van der Waals surface area contributed by atoms with E-state index in [-0.39, 0.29) is 0 Å². The van der Waals surface area contributed by atoms with E-state index in [1.165, 1.54) is 12.1 Å². The van der Waals surface area contributed by atoms with Gasteiger partial charge in [-0.15, -0.1) is 0 Å². The molecule has 4 heteroatoms. The Bertz CT molecular complexity index is 379. The van der Waals surface area contributed by atoms with Crippen LogP contribution in [0.15, 0.2) is 24.3 Å². The molecule has 1 fully saturated rings. The van der Waals surface area contributed by atoms with Crippen LogP contribution in [0.2, 0.25) is 0 Å². The lowest BCUT2D eigenvalue weighted by Gasteiger charge is -2.37. The summed E-state index contributed by atoms with van der Waals surface area (Å²) in [6, 6.07) is 8.86. The molecule has 0 aliphatic carbocycles. The molecule has 1 aliphatic heterocycles. The standard InChI is InChI=1S/C15H25N3O/c1-17-8-9-18(2)14(12-17)11-16-10-13-4-6-15(19-3)7-5-13/h4-7,14,16H,8-12H2,1-3H3. The summed E-state index contributed by atoms with van der Waals surface area (Å²) in [5.41, 5.74) is 1.30. The minimum atomic E-state index is 0.608. The fourth-order valence-corrected chi connectivity index (χ4v) is 2.45. The van der Waals surface area contributed by atoms with Gasteiger partial charge in [0.2, 0.25) is 0 Å². The maximum Gasteiger partial charge on any atom is 0.118 e. The molecule has 0 aromatic heterocycles. The van der Waals surface area contributed by atoms with E-state index >= 15 is 0 Å². The van der Waals surface area contributed by atoms with Gasteiger partial charge >= 0.3 is 0 Å². The summed E-state index contributed by atoms with van der Waals surface area (Å²) in [5.74, 6) is 0.914. The monoisotopic (exact) mass is 263 g/mol. The summed E-state index contributed by atoms with van der Waals surface area (Å²) in [6.45, 7) is 5.42. The van der Waals surface area contributed by atoms with Gasteiger partial charge in [-0.3, -0.25) is 4.90 Å². The molecule has 1 saturated heterocycles. The summed E-state index contributed by atoms with van der Waals surface area (Å²) >= 11 is 0. The first-order chi connectivity index (χ1) is 9.19. The molecule has 0 amide bonds. The van der Waals surface area contributed by atoms with Crippen LogP contribution in [0.3, 0.4) is 0 Å². The molecule has 1 atom stereocenters. The highest BCUT2D eigenvalue weighted by atomic mass is 16.5. The predicted molar refractivity (Wildman–Crippen MR) is 78.6 cm³/mol. The summed E-state index contributed by atoms with van der Waals surface area (Å²) < 4.78 is 5.16. The molecule has 0 saturated carbocycles. The van der Waals surface area contributed by atoms with Crippen LogP contribution in [-0.4, -0.2) is 63.2 Å². The van der Waals surface area contributed by atoms with Crippen molar-refractivity contribution in [3.8, 4) is 5.75 Å². The van der Waals surface area contributed by atoms with E-state index in [4.69, 9.17) is 4.74 Å². The zero-order chi connectivity index (χ0) is 13.7. The van der Waals surface area contributed by atoms with E-state index in [0.717, 1.165) is 31.9 Å². The van der Waals surface area contributed by atoms with Crippen LogP contribution in [-0.2, 0) is 6.54 Å². The van der Waals surface area contributed by atoms with Gasteiger partial charge in [0.25, 0.3) is 0 Å². The number of methoxy groups -OCH3 is 1. The normalized spacial score (nSPS) is 21.5. The molecule has 2 rings (SSSR count). The zero-order valence-corrected chi connectivity index (χ0v) is 12.2. The Morgan fingerprint density at radius 3 is 2.63 bits per heavy atom. The minimum Gasteiger partial charge on any atom is -0.497 e. The van der Waals surface area contributed by atoms with Gasteiger partial charge in [-0.05, 0) is 31.8 Å². The van der Waals surface area contributed by atoms with Crippen molar-refractivity contribution in [3.05, 3.63) is 29.8 Å². The molecule has 1 aliphatic rings. The second-order valence-corrected chi connectivity index (χ2v) is 5.38. The van der Waals surface area contributed by atoms with Gasteiger partial charge in [-0.2, -0.15) is 0 Å². The van der Waals surface area contributed by atoms with Gasteiger partial charge < -0.3 is 15.0 Å². The maximum atomic E-state index is 5.16. The van der Waals surface area contributed by atoms with Crippen molar-refractivity contribution in [3.63, 3.8) is 0 Å². The smallest absolute Gasteiger partial charge is 0.118 e. The molecule has 1 aromatic carbocycles. The zero-order valence-electron chi connectivity index (χ0n) is 12.2. The number of likely N-dealkylation sites (N-methyl/N-ethyl adjacent to an activating group) is 2. The van der Waals surface area contributed by atoms with Crippen LogP contribution in [0.25, 0.3) is 0 Å². The second kappa shape index (κ2) is 6.89. The first kappa shape index (κ1) is 14.3. The maximum absolute atomic E-state index is 5.16. The molecule has 0 bridgehead atoms. The quantitative estimate of drug-likeness (QED) is 0.859. The van der Waals surface area contributed by atoms with E-state index in [9.17, 15) is 0 Å². The largest absolute Gasteiger partial charge is 0.497 e. The van der Waals surface area contributed by atoms with Crippen LogP contribution in [0.5, 0.6) is 5.75 Å². The molecule has 1 N–H and O–H groups in total. The van der Waals surface area contributed by atoms with Crippen molar-refractivity contribution in [2.75, 3.05) is 47.4 Å². The van der Waals surface area contributed by atoms with Crippen molar-refractivity contribution >= 4 is 0 Å². The van der Waals surface area contributed by atoms with E-state index in [1.807, 2.05) is 12.1 Å². The van der Waals surface area contributed by atoms with Gasteiger partial charge in [-0.25, -0.2) is 0 Å². The van der Waals surface area contributed by atoms with Crippen molar-refractivity contribution in [1.29, 1.82) is 0 Å². The fraction of sp³-hybridized carbons (Fsp3) is 0.600. The van der Waals surface area contributed by atoms with Crippen LogP contribution < -0.4 is 10.1 Å². The third-order valence-corrected chi connectivity index (χ3v) is 3.85. The Hall–Kier alpha value is -1.10. The lowest BCUT2D eigenvalue weighted by molar-refractivity contribution is 0.113. The second-order valence-electron chi connectivity index (χ2n) is 5.38. The Morgan fingerprint density at radius 2 is 1.95 bits per heavy atom. The molecule has 0 spiro atoms. The average molecular weight is 263 g/mol. The predicted octanol–water partition coefficient (Wildman–Crippen LogP) is 1.03. The van der Waals surface area contributed by atoms with Crippen molar-refractivity contribution < 1.29 is 4.74 Å². The molecular formula is C15H25N3O. The van der Waals surface area contributed by atoms with E-state index in [1.54, 1.807) is 7.11 Å². The highest BCUT2D eigenvalue weighted by Gasteiger charge is 2.21. The molecule has 1 aromatic rings. The van der Waals surface area contributed by atoms with E-state index in [2.05, 4.69) is 41.3 Å². The fourth-order valence-electron chi connectivity index (χ4n) is 2.45. The molecule has 1 heterocycles. The highest BCUT2D eigenvalue weighted by molar-refractivity contribution is 5.26. The Balaban J connectivity index is 1.75. The number of piperazine rings is 1. The van der Waals surface area contributed by atoms with Gasteiger partial charge in [0.1, 0.15) is 5.75 Å². The third-order valence-electron chi connectivity index (χ3n) is 3.85. The molecule has 1 unspecified atom stereocenters. The van der Waals surface area contributed by atoms with Crippen LogP contribution >= 0.6 is 0 Å². The highest BCUT2D eigenvalue weighted by Crippen LogP contribution is 2.11. The van der Waals surface area contributed by atoms with Crippen molar-refractivity contribution in [1.82, 2.24) is 15.1 Å². The molecule has 106 valence electrons. The van der Waals surface area contributed by atoms with E-state index in [0.29, 0.717) is 6.04 Å².